The van der Waals surface area contributed by atoms with Gasteiger partial charge in [-0.2, -0.15) is 0 Å². The molecule has 7 heteroatoms. The van der Waals surface area contributed by atoms with Crippen LogP contribution in [-0.2, 0) is 7.05 Å². The van der Waals surface area contributed by atoms with Gasteiger partial charge in [-0.15, -0.1) is 45.3 Å². The number of rotatable bonds is 4. The maximum Gasteiger partial charge on any atom is 0.160 e. The van der Waals surface area contributed by atoms with E-state index in [1.54, 1.807) is 22.7 Å². The van der Waals surface area contributed by atoms with Crippen LogP contribution in [0.1, 0.15) is 19.3 Å². The SMILES string of the molecule is Cn1c(-c2cc3sc(C=O)cc3s2)ccc1-c1cc2sc(C=O)cc2s1. The number of carbonyl (C=O) groups excluding carboxylic acids is 2. The van der Waals surface area contributed by atoms with E-state index in [-0.39, 0.29) is 0 Å². The first-order valence-corrected chi connectivity index (χ1v) is 11.1. The van der Waals surface area contributed by atoms with E-state index >= 15 is 0 Å². The van der Waals surface area contributed by atoms with Crippen molar-refractivity contribution >= 4 is 76.7 Å². The van der Waals surface area contributed by atoms with Gasteiger partial charge in [-0.3, -0.25) is 9.59 Å². The van der Waals surface area contributed by atoms with Crippen LogP contribution in [0.2, 0.25) is 0 Å². The number of hydrogen-bond acceptors (Lipinski definition) is 6. The molecule has 0 aliphatic rings. The molecule has 3 nitrogen and oxygen atoms in total. The molecular weight excluding hydrogens is 402 g/mol. The Hall–Kier alpha value is -2.06. The summed E-state index contributed by atoms with van der Waals surface area (Å²) in [5.41, 5.74) is 2.35. The van der Waals surface area contributed by atoms with Crippen molar-refractivity contribution in [1.29, 1.82) is 0 Å². The number of fused-ring (bicyclic) bond motifs is 2. The van der Waals surface area contributed by atoms with Crippen LogP contribution in [0, 0.1) is 0 Å². The molecule has 0 atom stereocenters. The van der Waals surface area contributed by atoms with E-state index in [9.17, 15) is 9.59 Å². The molecule has 5 aromatic heterocycles. The largest absolute Gasteiger partial charge is 0.342 e. The van der Waals surface area contributed by atoms with Gasteiger partial charge in [0.2, 0.25) is 0 Å². The monoisotopic (exact) mass is 413 g/mol. The Morgan fingerprint density at radius 2 is 1.12 bits per heavy atom. The minimum atomic E-state index is 0.777. The molecule has 0 radical (unpaired) electrons. The fourth-order valence-electron chi connectivity index (χ4n) is 3.08. The first-order valence-electron chi connectivity index (χ1n) is 7.80. The normalized spacial score (nSPS) is 11.6. The van der Waals surface area contributed by atoms with Gasteiger partial charge in [-0.05, 0) is 36.4 Å². The summed E-state index contributed by atoms with van der Waals surface area (Å²) in [7, 11) is 2.08. The lowest BCUT2D eigenvalue weighted by atomic mass is 10.3. The molecule has 0 saturated carbocycles. The van der Waals surface area contributed by atoms with Crippen molar-refractivity contribution in [3.63, 3.8) is 0 Å². The highest BCUT2D eigenvalue weighted by atomic mass is 32.1. The van der Waals surface area contributed by atoms with Crippen LogP contribution in [0.4, 0.5) is 0 Å². The van der Waals surface area contributed by atoms with Gasteiger partial charge >= 0.3 is 0 Å². The second-order valence-corrected chi connectivity index (χ2v) is 10.3. The fourth-order valence-corrected chi connectivity index (χ4v) is 7.65. The first kappa shape index (κ1) is 16.1. The van der Waals surface area contributed by atoms with Crippen molar-refractivity contribution in [3.8, 4) is 21.1 Å². The predicted octanol–water partition coefficient (Wildman–Crippen LogP) is 6.54. The topological polar surface area (TPSA) is 39.1 Å². The van der Waals surface area contributed by atoms with Crippen LogP contribution in [0.25, 0.3) is 39.9 Å². The maximum absolute atomic E-state index is 10.9. The third-order valence-corrected chi connectivity index (χ3v) is 8.79. The molecule has 0 spiro atoms. The van der Waals surface area contributed by atoms with Crippen molar-refractivity contribution in [2.75, 3.05) is 0 Å². The van der Waals surface area contributed by atoms with Crippen molar-refractivity contribution < 1.29 is 9.59 Å². The van der Waals surface area contributed by atoms with Gasteiger partial charge in [-0.1, -0.05) is 0 Å². The van der Waals surface area contributed by atoms with E-state index in [2.05, 4.69) is 35.9 Å². The Bertz CT molecular complexity index is 1130. The molecule has 0 amide bonds. The van der Waals surface area contributed by atoms with Gasteiger partial charge in [0.15, 0.2) is 12.6 Å². The Balaban J connectivity index is 1.57. The highest BCUT2D eigenvalue weighted by molar-refractivity contribution is 7.30. The molecule has 0 bridgehead atoms. The molecule has 0 aromatic carbocycles. The molecule has 0 aliphatic heterocycles. The van der Waals surface area contributed by atoms with E-state index < -0.39 is 0 Å². The van der Waals surface area contributed by atoms with E-state index in [0.29, 0.717) is 0 Å². The van der Waals surface area contributed by atoms with Crippen LogP contribution in [0.5, 0.6) is 0 Å². The highest BCUT2D eigenvalue weighted by Crippen LogP contribution is 2.42. The van der Waals surface area contributed by atoms with Crippen molar-refractivity contribution in [3.05, 3.63) is 46.2 Å². The number of hydrogen-bond donors (Lipinski definition) is 0. The summed E-state index contributed by atoms with van der Waals surface area (Å²) in [5.74, 6) is 0. The fraction of sp³-hybridized carbons (Fsp3) is 0.0526. The summed E-state index contributed by atoms with van der Waals surface area (Å²) >= 11 is 6.51. The van der Waals surface area contributed by atoms with Crippen LogP contribution >= 0.6 is 45.3 Å². The summed E-state index contributed by atoms with van der Waals surface area (Å²) in [5, 5.41) is 0. The summed E-state index contributed by atoms with van der Waals surface area (Å²) in [6.45, 7) is 0. The van der Waals surface area contributed by atoms with Gasteiger partial charge in [-0.25, -0.2) is 0 Å². The Morgan fingerprint density at radius 1 is 0.692 bits per heavy atom. The van der Waals surface area contributed by atoms with Crippen LogP contribution in [0.3, 0.4) is 0 Å². The Kier molecular flexibility index (Phi) is 3.72. The molecule has 5 aromatic rings. The third-order valence-electron chi connectivity index (χ3n) is 4.31. The molecule has 5 heterocycles. The average molecular weight is 414 g/mol. The van der Waals surface area contributed by atoms with E-state index in [0.717, 1.165) is 41.1 Å². The molecule has 0 unspecified atom stereocenters. The van der Waals surface area contributed by atoms with Gasteiger partial charge in [0.05, 0.1) is 30.9 Å². The average Bonchev–Trinajstić information content (AvgIpc) is 3.37. The quantitative estimate of drug-likeness (QED) is 0.314. The minimum Gasteiger partial charge on any atom is -0.342 e. The summed E-state index contributed by atoms with van der Waals surface area (Å²) in [4.78, 5) is 25.8. The van der Waals surface area contributed by atoms with Crippen LogP contribution < -0.4 is 0 Å². The van der Waals surface area contributed by atoms with E-state index in [4.69, 9.17) is 0 Å². The van der Waals surface area contributed by atoms with Crippen LogP contribution in [-0.4, -0.2) is 17.1 Å². The van der Waals surface area contributed by atoms with Gasteiger partial charge in [0.1, 0.15) is 0 Å². The van der Waals surface area contributed by atoms with Crippen molar-refractivity contribution in [2.24, 2.45) is 7.05 Å². The molecule has 0 saturated heterocycles. The van der Waals surface area contributed by atoms with Crippen molar-refractivity contribution in [2.45, 2.75) is 0 Å². The predicted molar refractivity (Wildman–Crippen MR) is 114 cm³/mol. The summed E-state index contributed by atoms with van der Waals surface area (Å²) in [6.07, 6.45) is 1.83. The molecule has 26 heavy (non-hydrogen) atoms. The number of nitrogens with zero attached hydrogens (tertiary/aromatic N) is 1. The molecular formula is C19H11NO2S4. The Labute approximate surface area is 164 Å². The summed E-state index contributed by atoms with van der Waals surface area (Å²) < 4.78 is 6.85. The van der Waals surface area contributed by atoms with Gasteiger partial charge in [0, 0.05) is 25.8 Å². The number of aromatic nitrogens is 1. The summed E-state index contributed by atoms with van der Waals surface area (Å²) in [6, 6.07) is 12.6. The van der Waals surface area contributed by atoms with Crippen LogP contribution in [0.15, 0.2) is 36.4 Å². The highest BCUT2D eigenvalue weighted by Gasteiger charge is 2.15. The molecule has 5 rings (SSSR count). The lowest BCUT2D eigenvalue weighted by molar-refractivity contribution is 0.111. The minimum absolute atomic E-state index is 0.777. The zero-order chi connectivity index (χ0) is 17.8. The van der Waals surface area contributed by atoms with E-state index in [1.165, 1.54) is 43.8 Å². The second-order valence-electron chi connectivity index (χ2n) is 5.87. The third kappa shape index (κ3) is 2.43. The molecule has 0 N–H and O–H groups in total. The van der Waals surface area contributed by atoms with Gasteiger partial charge < -0.3 is 4.57 Å². The molecule has 128 valence electrons. The second kappa shape index (κ2) is 5.99. The maximum atomic E-state index is 10.9. The number of carbonyl (C=O) groups is 2. The molecule has 0 fully saturated rings. The number of thiophene rings is 4. The van der Waals surface area contributed by atoms with E-state index in [1.807, 2.05) is 12.1 Å². The lowest BCUT2D eigenvalue weighted by Crippen LogP contribution is -1.91. The smallest absolute Gasteiger partial charge is 0.160 e. The zero-order valence-electron chi connectivity index (χ0n) is 13.5. The molecule has 0 aliphatic carbocycles. The standard InChI is InChI=1S/C19H11NO2S4/c1-20-12(14-6-18-16(25-14)4-10(8-21)23-18)2-3-13(20)15-7-19-17(26-15)5-11(9-22)24-19/h2-9H,1H3. The zero-order valence-corrected chi connectivity index (χ0v) is 16.8. The lowest BCUT2D eigenvalue weighted by Gasteiger charge is -2.04. The Morgan fingerprint density at radius 3 is 1.50 bits per heavy atom. The number of aldehydes is 2. The first-order chi connectivity index (χ1) is 12.7. The van der Waals surface area contributed by atoms with Crippen molar-refractivity contribution in [1.82, 2.24) is 4.57 Å². The van der Waals surface area contributed by atoms with Gasteiger partial charge in [0.25, 0.3) is 0 Å².